The van der Waals surface area contributed by atoms with Crippen LogP contribution in [0.25, 0.3) is 0 Å². The lowest BCUT2D eigenvalue weighted by Gasteiger charge is -2.11. The molecule has 0 aliphatic rings. The number of nitro benzene ring substituents is 1. The molecule has 0 spiro atoms. The molecule has 1 rings (SSSR count). The van der Waals surface area contributed by atoms with E-state index >= 15 is 0 Å². The molecule has 0 bridgehead atoms. The van der Waals surface area contributed by atoms with Crippen molar-refractivity contribution >= 4 is 17.7 Å². The minimum Gasteiger partial charge on any atom is -0.425 e. The first kappa shape index (κ1) is 13.4. The predicted octanol–water partition coefficient (Wildman–Crippen LogP) is 0.557. The summed E-state index contributed by atoms with van der Waals surface area (Å²) in [5.74, 6) is -0.577. The summed E-state index contributed by atoms with van der Waals surface area (Å²) >= 11 is 0. The van der Waals surface area contributed by atoms with E-state index in [0.717, 1.165) is 0 Å². The number of urea groups is 1. The molecule has 96 valence electrons. The van der Waals surface area contributed by atoms with Crippen LogP contribution in [0.4, 0.5) is 10.5 Å². The van der Waals surface area contributed by atoms with Crippen molar-refractivity contribution in [2.24, 2.45) is 5.73 Å². The largest absolute Gasteiger partial charge is 0.425 e. The lowest BCUT2D eigenvalue weighted by atomic mass is 10.3. The van der Waals surface area contributed by atoms with Crippen molar-refractivity contribution in [2.45, 2.75) is 13.0 Å². The zero-order chi connectivity index (χ0) is 13.7. The average molecular weight is 253 g/mol. The summed E-state index contributed by atoms with van der Waals surface area (Å²) in [7, 11) is 0. The summed E-state index contributed by atoms with van der Waals surface area (Å²) in [4.78, 5) is 31.8. The van der Waals surface area contributed by atoms with Crippen LogP contribution in [-0.2, 0) is 4.79 Å². The number of nitro groups is 1. The van der Waals surface area contributed by atoms with Crippen molar-refractivity contribution in [1.82, 2.24) is 5.32 Å². The molecular formula is C10H11N3O5. The van der Waals surface area contributed by atoms with Gasteiger partial charge in [0.1, 0.15) is 11.8 Å². The molecule has 0 aliphatic carbocycles. The summed E-state index contributed by atoms with van der Waals surface area (Å²) in [5.41, 5.74) is 4.73. The molecule has 1 aromatic rings. The third kappa shape index (κ3) is 3.74. The van der Waals surface area contributed by atoms with E-state index < -0.39 is 23.0 Å². The molecule has 8 nitrogen and oxygen atoms in total. The fraction of sp³-hybridized carbons (Fsp3) is 0.200. The van der Waals surface area contributed by atoms with Crippen molar-refractivity contribution in [3.8, 4) is 5.75 Å². The third-order valence-corrected chi connectivity index (χ3v) is 1.98. The standard InChI is InChI=1S/C10H11N3O5/c1-6(12-10(11)15)9(14)18-8-4-2-7(3-5-8)13(16)17/h2-6H,1H3,(H3,11,12,15). The van der Waals surface area contributed by atoms with Gasteiger partial charge >= 0.3 is 12.0 Å². The Morgan fingerprint density at radius 3 is 2.39 bits per heavy atom. The molecule has 3 N–H and O–H groups in total. The number of carbonyl (C=O) groups is 2. The molecule has 18 heavy (non-hydrogen) atoms. The SMILES string of the molecule is CC(NC(N)=O)C(=O)Oc1ccc([N+](=O)[O-])cc1. The summed E-state index contributed by atoms with van der Waals surface area (Å²) in [6.07, 6.45) is 0. The van der Waals surface area contributed by atoms with Gasteiger partial charge in [-0.05, 0) is 19.1 Å². The Labute approximate surface area is 102 Å². The van der Waals surface area contributed by atoms with Gasteiger partial charge in [-0.2, -0.15) is 0 Å². The maximum Gasteiger partial charge on any atom is 0.333 e. The van der Waals surface area contributed by atoms with Gasteiger partial charge in [0.15, 0.2) is 0 Å². The zero-order valence-electron chi connectivity index (χ0n) is 9.45. The zero-order valence-corrected chi connectivity index (χ0v) is 9.45. The number of non-ortho nitro benzene ring substituents is 1. The first-order valence-corrected chi connectivity index (χ1v) is 4.92. The van der Waals surface area contributed by atoms with Gasteiger partial charge in [0.25, 0.3) is 5.69 Å². The van der Waals surface area contributed by atoms with Crippen LogP contribution in [0.3, 0.4) is 0 Å². The van der Waals surface area contributed by atoms with Crippen LogP contribution in [0.5, 0.6) is 5.75 Å². The number of esters is 1. The number of carbonyl (C=O) groups excluding carboxylic acids is 2. The first-order valence-electron chi connectivity index (χ1n) is 4.92. The normalized spacial score (nSPS) is 11.4. The van der Waals surface area contributed by atoms with Crippen molar-refractivity contribution in [1.29, 1.82) is 0 Å². The Morgan fingerprint density at radius 2 is 1.94 bits per heavy atom. The van der Waals surface area contributed by atoms with Gasteiger partial charge in [0, 0.05) is 12.1 Å². The number of hydrogen-bond acceptors (Lipinski definition) is 5. The highest BCUT2D eigenvalue weighted by atomic mass is 16.6. The fourth-order valence-electron chi connectivity index (χ4n) is 1.11. The first-order chi connectivity index (χ1) is 8.40. The molecule has 1 atom stereocenters. The maximum atomic E-state index is 11.4. The molecule has 0 aromatic heterocycles. The topological polar surface area (TPSA) is 125 Å². The molecule has 0 heterocycles. The molecule has 1 unspecified atom stereocenters. The van der Waals surface area contributed by atoms with Crippen LogP contribution >= 0.6 is 0 Å². The second kappa shape index (κ2) is 5.62. The minimum atomic E-state index is -0.905. The van der Waals surface area contributed by atoms with Gasteiger partial charge < -0.3 is 15.8 Å². The second-order valence-corrected chi connectivity index (χ2v) is 3.40. The van der Waals surface area contributed by atoms with Gasteiger partial charge in [0.2, 0.25) is 0 Å². The number of rotatable bonds is 4. The minimum absolute atomic E-state index is 0.113. The number of nitrogens with one attached hydrogen (secondary N) is 1. The summed E-state index contributed by atoms with van der Waals surface area (Å²) < 4.78 is 4.88. The summed E-state index contributed by atoms with van der Waals surface area (Å²) in [5, 5.41) is 12.5. The number of benzene rings is 1. The Morgan fingerprint density at radius 1 is 1.39 bits per heavy atom. The highest BCUT2D eigenvalue weighted by molar-refractivity contribution is 5.83. The number of ether oxygens (including phenoxy) is 1. The number of nitrogens with zero attached hydrogens (tertiary/aromatic N) is 1. The lowest BCUT2D eigenvalue weighted by molar-refractivity contribution is -0.384. The average Bonchev–Trinajstić information content (AvgIpc) is 2.28. The fourth-order valence-corrected chi connectivity index (χ4v) is 1.11. The second-order valence-electron chi connectivity index (χ2n) is 3.40. The number of primary amides is 1. The molecule has 0 saturated carbocycles. The molecule has 2 amide bonds. The van der Waals surface area contributed by atoms with Crippen LogP contribution < -0.4 is 15.8 Å². The Kier molecular flexibility index (Phi) is 4.19. The van der Waals surface area contributed by atoms with E-state index in [4.69, 9.17) is 10.5 Å². The van der Waals surface area contributed by atoms with E-state index in [2.05, 4.69) is 5.32 Å². The van der Waals surface area contributed by atoms with Crippen molar-refractivity contribution in [3.05, 3.63) is 34.4 Å². The molecule has 8 heteroatoms. The van der Waals surface area contributed by atoms with E-state index in [0.29, 0.717) is 0 Å². The van der Waals surface area contributed by atoms with Crippen molar-refractivity contribution in [3.63, 3.8) is 0 Å². The highest BCUT2D eigenvalue weighted by Crippen LogP contribution is 2.17. The Balaban J connectivity index is 2.64. The Hall–Kier alpha value is -2.64. The van der Waals surface area contributed by atoms with Crippen LogP contribution in [0.2, 0.25) is 0 Å². The molecule has 0 fully saturated rings. The summed E-state index contributed by atoms with van der Waals surface area (Å²) in [6.45, 7) is 1.40. The van der Waals surface area contributed by atoms with Crippen LogP contribution in [0.15, 0.2) is 24.3 Å². The van der Waals surface area contributed by atoms with Gasteiger partial charge in [-0.3, -0.25) is 10.1 Å². The van der Waals surface area contributed by atoms with Crippen LogP contribution in [-0.4, -0.2) is 23.0 Å². The van der Waals surface area contributed by atoms with Gasteiger partial charge in [-0.15, -0.1) is 0 Å². The molecular weight excluding hydrogens is 242 g/mol. The summed E-state index contributed by atoms with van der Waals surface area (Å²) in [6, 6.07) is 3.23. The smallest absolute Gasteiger partial charge is 0.333 e. The number of amides is 2. The Bertz CT molecular complexity index is 471. The van der Waals surface area contributed by atoms with E-state index in [1.165, 1.54) is 31.2 Å². The van der Waals surface area contributed by atoms with E-state index in [9.17, 15) is 19.7 Å². The van der Waals surface area contributed by atoms with Gasteiger partial charge in [-0.25, -0.2) is 9.59 Å². The molecule has 1 aromatic carbocycles. The molecule has 0 aliphatic heterocycles. The maximum absolute atomic E-state index is 11.4. The quantitative estimate of drug-likeness (QED) is 0.351. The number of hydrogen-bond donors (Lipinski definition) is 2. The van der Waals surface area contributed by atoms with E-state index in [-0.39, 0.29) is 11.4 Å². The monoisotopic (exact) mass is 253 g/mol. The van der Waals surface area contributed by atoms with Crippen LogP contribution in [0, 0.1) is 10.1 Å². The highest BCUT2D eigenvalue weighted by Gasteiger charge is 2.16. The van der Waals surface area contributed by atoms with Gasteiger partial charge in [-0.1, -0.05) is 0 Å². The third-order valence-electron chi connectivity index (χ3n) is 1.98. The van der Waals surface area contributed by atoms with E-state index in [1.54, 1.807) is 0 Å². The molecule has 0 radical (unpaired) electrons. The van der Waals surface area contributed by atoms with Crippen molar-refractivity contribution in [2.75, 3.05) is 0 Å². The van der Waals surface area contributed by atoms with Crippen LogP contribution in [0.1, 0.15) is 6.92 Å². The number of nitrogens with two attached hydrogens (primary N) is 1. The molecule has 0 saturated heterocycles. The van der Waals surface area contributed by atoms with E-state index in [1.807, 2.05) is 0 Å². The van der Waals surface area contributed by atoms with Gasteiger partial charge in [0.05, 0.1) is 4.92 Å². The predicted molar refractivity (Wildman–Crippen MR) is 60.9 cm³/mol. The van der Waals surface area contributed by atoms with Crippen molar-refractivity contribution < 1.29 is 19.2 Å². The lowest BCUT2D eigenvalue weighted by Crippen LogP contribution is -2.43.